The van der Waals surface area contributed by atoms with Crippen molar-refractivity contribution in [1.29, 1.82) is 0 Å². The summed E-state index contributed by atoms with van der Waals surface area (Å²) in [4.78, 5) is 4.13. The number of hydrogen-bond donors (Lipinski definition) is 1. The van der Waals surface area contributed by atoms with Gasteiger partial charge >= 0.3 is 0 Å². The number of aromatic nitrogens is 1. The lowest BCUT2D eigenvalue weighted by Crippen LogP contribution is -2.30. The molecule has 1 heterocycles. The van der Waals surface area contributed by atoms with Crippen LogP contribution < -0.4 is 4.74 Å². The smallest absolute Gasteiger partial charge is 0.137 e. The van der Waals surface area contributed by atoms with E-state index in [-0.39, 0.29) is 19.0 Å². The van der Waals surface area contributed by atoms with E-state index in [1.54, 1.807) is 19.2 Å². The number of para-hydroxylation sites is 1. The quantitative estimate of drug-likeness (QED) is 0.924. The second kappa shape index (κ2) is 6.38. The summed E-state index contributed by atoms with van der Waals surface area (Å²) in [6.07, 6.45) is 1.66. The van der Waals surface area contributed by atoms with Crippen LogP contribution in [0.5, 0.6) is 5.75 Å². The lowest BCUT2D eigenvalue weighted by atomic mass is 10.0. The number of ether oxygens (including phenoxy) is 1. The van der Waals surface area contributed by atoms with Crippen LogP contribution in [-0.4, -0.2) is 16.7 Å². The first kappa shape index (κ1) is 14.5. The zero-order valence-electron chi connectivity index (χ0n) is 10.1. The van der Waals surface area contributed by atoms with Gasteiger partial charge in [0.1, 0.15) is 18.0 Å². The third-order valence-corrected chi connectivity index (χ3v) is 2.48. The molecule has 1 aromatic heterocycles. The molecule has 3 nitrogen and oxygen atoms in total. The van der Waals surface area contributed by atoms with Crippen LogP contribution in [0.4, 0.5) is 0 Å². The minimum atomic E-state index is -1.09. The lowest BCUT2D eigenvalue weighted by molar-refractivity contribution is 0.00390. The van der Waals surface area contributed by atoms with Crippen LogP contribution in [0.1, 0.15) is 12.6 Å². The molecule has 0 amide bonds. The van der Waals surface area contributed by atoms with Crippen LogP contribution in [0, 0.1) is 0 Å². The molecule has 0 fully saturated rings. The zero-order valence-corrected chi connectivity index (χ0v) is 10.9. The summed E-state index contributed by atoms with van der Waals surface area (Å²) in [5.41, 5.74) is -0.479. The maximum atomic E-state index is 10.3. The molecule has 0 aliphatic carbocycles. The molecule has 0 saturated heterocycles. The monoisotopic (exact) mass is 265 g/mol. The van der Waals surface area contributed by atoms with Gasteiger partial charge in [0, 0.05) is 6.20 Å². The minimum Gasteiger partial charge on any atom is -0.490 e. The van der Waals surface area contributed by atoms with Crippen molar-refractivity contribution in [2.45, 2.75) is 12.5 Å². The van der Waals surface area contributed by atoms with E-state index >= 15 is 0 Å². The third-order valence-electron chi connectivity index (χ3n) is 2.48. The Labute approximate surface area is 113 Å². The van der Waals surface area contributed by atoms with Gasteiger partial charge < -0.3 is 9.84 Å². The summed E-state index contributed by atoms with van der Waals surface area (Å²) in [5, 5.41) is 10.3. The van der Waals surface area contributed by atoms with E-state index in [4.69, 9.17) is 4.74 Å². The first-order chi connectivity index (χ1) is 8.18. The SMILES string of the molecule is CC(O)(COc1ccccc1)c1ccccn1.Cl. The molecule has 18 heavy (non-hydrogen) atoms. The average Bonchev–Trinajstić information content (AvgIpc) is 2.39. The number of halogens is 1. The van der Waals surface area contributed by atoms with Gasteiger partial charge in [0.2, 0.25) is 0 Å². The minimum absolute atomic E-state index is 0. The first-order valence-electron chi connectivity index (χ1n) is 5.50. The fourth-order valence-electron chi connectivity index (χ4n) is 1.50. The summed E-state index contributed by atoms with van der Waals surface area (Å²) < 4.78 is 5.54. The van der Waals surface area contributed by atoms with Gasteiger partial charge in [-0.05, 0) is 31.2 Å². The Hall–Kier alpha value is -1.58. The Morgan fingerprint density at radius 2 is 1.78 bits per heavy atom. The number of nitrogens with zero attached hydrogens (tertiary/aromatic N) is 1. The van der Waals surface area contributed by atoms with Crippen LogP contribution in [0.25, 0.3) is 0 Å². The van der Waals surface area contributed by atoms with Gasteiger partial charge in [-0.2, -0.15) is 0 Å². The van der Waals surface area contributed by atoms with E-state index < -0.39 is 5.60 Å². The average molecular weight is 266 g/mol. The summed E-state index contributed by atoms with van der Waals surface area (Å²) in [7, 11) is 0. The first-order valence-corrected chi connectivity index (χ1v) is 5.50. The molecule has 0 spiro atoms. The molecule has 2 aromatic rings. The normalized spacial score (nSPS) is 13.2. The Balaban J connectivity index is 0.00000162. The van der Waals surface area contributed by atoms with E-state index in [1.807, 2.05) is 42.5 Å². The van der Waals surface area contributed by atoms with Crippen molar-refractivity contribution in [3.8, 4) is 5.75 Å². The largest absolute Gasteiger partial charge is 0.490 e. The predicted molar refractivity (Wildman–Crippen MR) is 73.0 cm³/mol. The number of benzene rings is 1. The van der Waals surface area contributed by atoms with Gasteiger partial charge in [0.05, 0.1) is 5.69 Å². The van der Waals surface area contributed by atoms with Crippen molar-refractivity contribution in [2.75, 3.05) is 6.61 Å². The molecule has 4 heteroatoms. The standard InChI is InChI=1S/C14H15NO2.ClH/c1-14(16,13-9-5-6-10-15-13)11-17-12-7-3-2-4-8-12;/h2-10,16H,11H2,1H3;1H. The molecule has 1 atom stereocenters. The summed E-state index contributed by atoms with van der Waals surface area (Å²) in [5.74, 6) is 0.740. The van der Waals surface area contributed by atoms with Crippen LogP contribution in [-0.2, 0) is 5.60 Å². The van der Waals surface area contributed by atoms with E-state index in [9.17, 15) is 5.11 Å². The van der Waals surface area contributed by atoms with Crippen molar-refractivity contribution in [2.24, 2.45) is 0 Å². The molecule has 1 aromatic carbocycles. The van der Waals surface area contributed by atoms with Gasteiger partial charge in [0.25, 0.3) is 0 Å². The Kier molecular flexibility index (Phi) is 5.13. The molecule has 96 valence electrons. The molecule has 0 saturated carbocycles. The van der Waals surface area contributed by atoms with Crippen LogP contribution in [0.2, 0.25) is 0 Å². The van der Waals surface area contributed by atoms with E-state index in [1.165, 1.54) is 0 Å². The molecule has 0 radical (unpaired) electrons. The maximum absolute atomic E-state index is 10.3. The molecule has 2 rings (SSSR count). The Bertz CT molecular complexity index is 460. The highest BCUT2D eigenvalue weighted by Gasteiger charge is 2.25. The predicted octanol–water partition coefficient (Wildman–Crippen LogP) is 2.79. The van der Waals surface area contributed by atoms with E-state index in [0.717, 1.165) is 5.75 Å². The fraction of sp³-hybridized carbons (Fsp3) is 0.214. The molecular weight excluding hydrogens is 250 g/mol. The number of rotatable bonds is 4. The second-order valence-corrected chi connectivity index (χ2v) is 4.09. The fourth-order valence-corrected chi connectivity index (χ4v) is 1.50. The molecular formula is C14H16ClNO2. The van der Waals surface area contributed by atoms with Crippen molar-refractivity contribution in [3.05, 3.63) is 60.4 Å². The van der Waals surface area contributed by atoms with Crippen molar-refractivity contribution in [1.82, 2.24) is 4.98 Å². The molecule has 0 aliphatic heterocycles. The molecule has 1 unspecified atom stereocenters. The second-order valence-electron chi connectivity index (χ2n) is 4.09. The number of aliphatic hydroxyl groups is 1. The van der Waals surface area contributed by atoms with Gasteiger partial charge in [0.15, 0.2) is 0 Å². The van der Waals surface area contributed by atoms with E-state index in [0.29, 0.717) is 5.69 Å². The Morgan fingerprint density at radius 1 is 1.11 bits per heavy atom. The van der Waals surface area contributed by atoms with Crippen molar-refractivity contribution < 1.29 is 9.84 Å². The van der Waals surface area contributed by atoms with Crippen LogP contribution in [0.3, 0.4) is 0 Å². The highest BCUT2D eigenvalue weighted by molar-refractivity contribution is 5.85. The zero-order chi connectivity index (χ0) is 12.1. The van der Waals surface area contributed by atoms with Gasteiger partial charge in [-0.3, -0.25) is 4.98 Å². The van der Waals surface area contributed by atoms with E-state index in [2.05, 4.69) is 4.98 Å². The van der Waals surface area contributed by atoms with Crippen LogP contribution >= 0.6 is 12.4 Å². The number of pyridine rings is 1. The Morgan fingerprint density at radius 3 is 2.39 bits per heavy atom. The van der Waals surface area contributed by atoms with Gasteiger partial charge in [-0.15, -0.1) is 12.4 Å². The van der Waals surface area contributed by atoms with Crippen LogP contribution in [0.15, 0.2) is 54.7 Å². The summed E-state index contributed by atoms with van der Waals surface area (Å²) >= 11 is 0. The van der Waals surface area contributed by atoms with Crippen molar-refractivity contribution >= 4 is 12.4 Å². The van der Waals surface area contributed by atoms with Gasteiger partial charge in [-0.25, -0.2) is 0 Å². The maximum Gasteiger partial charge on any atom is 0.137 e. The molecule has 0 aliphatic rings. The number of hydrogen-bond acceptors (Lipinski definition) is 3. The highest BCUT2D eigenvalue weighted by atomic mass is 35.5. The molecule has 0 bridgehead atoms. The lowest BCUT2D eigenvalue weighted by Gasteiger charge is -2.22. The summed E-state index contributed by atoms with van der Waals surface area (Å²) in [6.45, 7) is 1.87. The highest BCUT2D eigenvalue weighted by Crippen LogP contribution is 2.20. The molecule has 1 N–H and O–H groups in total. The van der Waals surface area contributed by atoms with Gasteiger partial charge in [-0.1, -0.05) is 24.3 Å². The summed E-state index contributed by atoms with van der Waals surface area (Å²) in [6, 6.07) is 14.9. The third kappa shape index (κ3) is 3.72. The van der Waals surface area contributed by atoms with Crippen molar-refractivity contribution in [3.63, 3.8) is 0 Å². The topological polar surface area (TPSA) is 42.4 Å².